The number of sulfonamides is 2. The van der Waals surface area contributed by atoms with Crippen molar-refractivity contribution in [1.29, 1.82) is 0 Å². The van der Waals surface area contributed by atoms with E-state index >= 15 is 0 Å². The van der Waals surface area contributed by atoms with Crippen molar-refractivity contribution in [3.05, 3.63) is 155 Å². The highest BCUT2D eigenvalue weighted by Gasteiger charge is 2.23. The lowest BCUT2D eigenvalue weighted by molar-refractivity contribution is 0.0949. The minimum Gasteiger partial charge on any atom is -0.497 e. The molecule has 6 N–H and O–H groups in total. The molecule has 20 nitrogen and oxygen atoms in total. The van der Waals surface area contributed by atoms with E-state index in [1.54, 1.807) is 97.1 Å². The first-order chi connectivity index (χ1) is 37.2. The van der Waals surface area contributed by atoms with Gasteiger partial charge in [-0.3, -0.25) is 19.0 Å². The van der Waals surface area contributed by atoms with E-state index in [0.29, 0.717) is 68.1 Å². The van der Waals surface area contributed by atoms with Gasteiger partial charge in [-0.25, -0.2) is 36.8 Å². The van der Waals surface area contributed by atoms with Gasteiger partial charge < -0.3 is 40.5 Å². The number of Topliss-reactive ketones (excluding diaryl/α,β-unsaturated/α-hetero) is 1. The summed E-state index contributed by atoms with van der Waals surface area (Å²) in [6.45, 7) is 4.64. The molecular formula is C54H60Cl2N12O8S2. The van der Waals surface area contributed by atoms with Gasteiger partial charge in [0.2, 0.25) is 0 Å². The molecule has 8 aromatic rings. The van der Waals surface area contributed by atoms with Crippen molar-refractivity contribution in [2.75, 3.05) is 95.7 Å². The van der Waals surface area contributed by atoms with Crippen LogP contribution in [0.25, 0.3) is 22.1 Å². The highest BCUT2D eigenvalue weighted by Crippen LogP contribution is 2.35. The number of hydrogen-bond donors (Lipinski definition) is 6. The standard InChI is InChI=1S/C26H27ClN6O4S.C23H19ClN4O4S.C5H14N2/c1-33(2)14-13-28-26(34)17-7-6-8-19(15-17)38(35,36)32-25-24(29-21-9-4-5-10-22(21)30-25)31-23-16-18(37-3)11-12-20(23)27;1-14(29)15-6-5-7-17(12-15)33(30,31)28-23-22(25-19-8-3-4-9-20(19)26-23)27-21-13-16(32-2)10-11-18(21)24;1-6-4-5-7(2)3/h4-12,15-16H,13-14H2,1-3H3,(H,28,34)(H,29,31)(H,30,32);3-13H,1-2H3,(H,25,27)(H,26,28);6H,4-5H2,1-3H3. The predicted molar refractivity (Wildman–Crippen MR) is 310 cm³/mol. The molecule has 410 valence electrons. The molecular weight excluding hydrogens is 1080 g/mol. The topological polar surface area (TPSA) is 251 Å². The summed E-state index contributed by atoms with van der Waals surface area (Å²) in [5.74, 6) is 0.712. The van der Waals surface area contributed by atoms with Crippen LogP contribution in [0, 0.1) is 0 Å². The highest BCUT2D eigenvalue weighted by atomic mass is 35.5. The summed E-state index contributed by atoms with van der Waals surface area (Å²) < 4.78 is 68.5. The lowest BCUT2D eigenvalue weighted by Crippen LogP contribution is -2.31. The number of para-hydroxylation sites is 4. The molecule has 0 bridgehead atoms. The number of hydrogen-bond acceptors (Lipinski definition) is 17. The van der Waals surface area contributed by atoms with E-state index in [2.05, 4.69) is 69.6 Å². The van der Waals surface area contributed by atoms with Gasteiger partial charge in [-0.2, -0.15) is 0 Å². The van der Waals surface area contributed by atoms with Crippen molar-refractivity contribution < 1.29 is 35.9 Å². The largest absolute Gasteiger partial charge is 0.497 e. The fourth-order valence-electron chi connectivity index (χ4n) is 6.92. The quantitative estimate of drug-likeness (QED) is 0.0390. The summed E-state index contributed by atoms with van der Waals surface area (Å²) in [4.78, 5) is 46.2. The Kier molecular flexibility index (Phi) is 21.0. The Morgan fingerprint density at radius 3 is 1.31 bits per heavy atom. The maximum Gasteiger partial charge on any atom is 0.263 e. The summed E-state index contributed by atoms with van der Waals surface area (Å²) in [7, 11) is 4.71. The van der Waals surface area contributed by atoms with Crippen LogP contribution in [-0.2, 0) is 20.0 Å². The lowest BCUT2D eigenvalue weighted by atomic mass is 10.2. The highest BCUT2D eigenvalue weighted by molar-refractivity contribution is 7.93. The smallest absolute Gasteiger partial charge is 0.263 e. The Labute approximate surface area is 464 Å². The minimum absolute atomic E-state index is 0.0270. The number of rotatable bonds is 20. The number of nitrogens with one attached hydrogen (secondary N) is 6. The second kappa shape index (κ2) is 27.6. The number of amides is 1. The molecule has 6 aromatic carbocycles. The Morgan fingerprint density at radius 1 is 0.526 bits per heavy atom. The van der Waals surface area contributed by atoms with Crippen molar-refractivity contribution in [2.24, 2.45) is 0 Å². The number of methoxy groups -OCH3 is 2. The van der Waals surface area contributed by atoms with Gasteiger partial charge in [-0.15, -0.1) is 0 Å². The van der Waals surface area contributed by atoms with E-state index in [1.807, 2.05) is 26.0 Å². The van der Waals surface area contributed by atoms with Crippen LogP contribution in [0.3, 0.4) is 0 Å². The lowest BCUT2D eigenvalue weighted by Gasteiger charge is -2.15. The maximum atomic E-state index is 13.4. The second-order valence-electron chi connectivity index (χ2n) is 17.5. The number of likely N-dealkylation sites (N-methyl/N-ethyl adjacent to an activating group) is 3. The average molecular weight is 1140 g/mol. The van der Waals surface area contributed by atoms with Crippen LogP contribution in [-0.4, -0.2) is 134 Å². The van der Waals surface area contributed by atoms with Crippen LogP contribution in [0.5, 0.6) is 11.5 Å². The molecule has 0 saturated carbocycles. The summed E-state index contributed by atoms with van der Waals surface area (Å²) >= 11 is 12.7. The first-order valence-electron chi connectivity index (χ1n) is 23.9. The van der Waals surface area contributed by atoms with Crippen molar-refractivity contribution in [1.82, 2.24) is 40.4 Å². The summed E-state index contributed by atoms with van der Waals surface area (Å²) in [6.07, 6.45) is 0. The van der Waals surface area contributed by atoms with Crippen LogP contribution in [0.1, 0.15) is 27.6 Å². The van der Waals surface area contributed by atoms with E-state index in [1.165, 1.54) is 57.5 Å². The maximum absolute atomic E-state index is 13.4. The number of benzene rings is 6. The monoisotopic (exact) mass is 1140 g/mol. The third-order valence-electron chi connectivity index (χ3n) is 11.1. The molecule has 0 atom stereocenters. The Hall–Kier alpha value is -7.70. The molecule has 0 fully saturated rings. The zero-order chi connectivity index (χ0) is 56.6. The molecule has 2 heterocycles. The number of fused-ring (bicyclic) bond motifs is 2. The SMILES string of the molecule is CNCCN(C)C.COc1ccc(Cl)c(Nc2nc3ccccc3nc2NS(=O)(=O)c2cccc(C(=O)NCCN(C)C)c2)c1.COc1ccc(Cl)c(Nc2nc3ccccc3nc2NS(=O)(=O)c2cccc(C(C)=O)c2)c1. The second-order valence-corrected chi connectivity index (χ2v) is 21.7. The van der Waals surface area contributed by atoms with E-state index in [-0.39, 0.29) is 55.9 Å². The molecule has 0 radical (unpaired) electrons. The number of ketones is 1. The molecule has 24 heteroatoms. The average Bonchev–Trinajstić information content (AvgIpc) is 3.45. The number of aromatic nitrogens is 4. The van der Waals surface area contributed by atoms with Crippen LogP contribution in [0.4, 0.5) is 34.6 Å². The van der Waals surface area contributed by atoms with Crippen LogP contribution < -0.4 is 40.2 Å². The van der Waals surface area contributed by atoms with Gasteiger partial charge in [-0.05, 0) is 121 Å². The van der Waals surface area contributed by atoms with Gasteiger partial charge in [-0.1, -0.05) is 65.7 Å². The number of ether oxygens (including phenoxy) is 2. The Balaban J connectivity index is 0.000000226. The zero-order valence-electron chi connectivity index (χ0n) is 44.1. The molecule has 78 heavy (non-hydrogen) atoms. The van der Waals surface area contributed by atoms with Gasteiger partial charge in [0.1, 0.15) is 11.5 Å². The molecule has 0 aliphatic heterocycles. The minimum atomic E-state index is -4.15. The Bertz CT molecular complexity index is 3630. The Morgan fingerprint density at radius 2 is 0.923 bits per heavy atom. The van der Waals surface area contributed by atoms with Gasteiger partial charge in [0.05, 0.1) is 67.5 Å². The molecule has 0 unspecified atom stereocenters. The van der Waals surface area contributed by atoms with E-state index < -0.39 is 20.0 Å². The third-order valence-corrected chi connectivity index (χ3v) is 14.4. The fourth-order valence-corrected chi connectivity index (χ4v) is 9.35. The predicted octanol–water partition coefficient (Wildman–Crippen LogP) is 8.93. The van der Waals surface area contributed by atoms with Crippen molar-refractivity contribution in [2.45, 2.75) is 16.7 Å². The first kappa shape index (κ1) is 59.5. The summed E-state index contributed by atoms with van der Waals surface area (Å²) in [5.41, 5.74) is 3.50. The molecule has 0 spiro atoms. The first-order valence-corrected chi connectivity index (χ1v) is 27.7. The van der Waals surface area contributed by atoms with Crippen LogP contribution >= 0.6 is 23.2 Å². The van der Waals surface area contributed by atoms with Gasteiger partial charge in [0, 0.05) is 49.4 Å². The molecule has 2 aromatic heterocycles. The van der Waals surface area contributed by atoms with Gasteiger partial charge in [0.15, 0.2) is 29.1 Å². The number of carbonyl (C=O) groups excluding carboxylic acids is 2. The molecule has 8 rings (SSSR count). The third kappa shape index (κ3) is 16.7. The number of anilines is 6. The molecule has 0 aliphatic carbocycles. The summed E-state index contributed by atoms with van der Waals surface area (Å²) in [5, 5.41) is 12.7. The van der Waals surface area contributed by atoms with Crippen molar-refractivity contribution >= 4 is 112 Å². The zero-order valence-corrected chi connectivity index (χ0v) is 47.2. The fraction of sp³-hybridized carbons (Fsp3) is 0.222. The summed E-state index contributed by atoms with van der Waals surface area (Å²) in [6, 6.07) is 35.7. The van der Waals surface area contributed by atoms with E-state index in [9.17, 15) is 26.4 Å². The number of carbonyl (C=O) groups is 2. The number of halogens is 2. The number of nitrogens with zero attached hydrogens (tertiary/aromatic N) is 6. The molecule has 1 amide bonds. The van der Waals surface area contributed by atoms with E-state index in [4.69, 9.17) is 32.7 Å². The normalized spacial score (nSPS) is 11.2. The van der Waals surface area contributed by atoms with Crippen molar-refractivity contribution in [3.63, 3.8) is 0 Å². The van der Waals surface area contributed by atoms with Gasteiger partial charge in [0.25, 0.3) is 26.0 Å². The van der Waals surface area contributed by atoms with Crippen LogP contribution in [0.15, 0.2) is 143 Å². The van der Waals surface area contributed by atoms with Crippen LogP contribution in [0.2, 0.25) is 10.0 Å². The van der Waals surface area contributed by atoms with E-state index in [0.717, 1.165) is 13.1 Å². The molecule has 0 saturated heterocycles. The van der Waals surface area contributed by atoms with Gasteiger partial charge >= 0.3 is 0 Å². The molecule has 0 aliphatic rings. The van der Waals surface area contributed by atoms with Crippen molar-refractivity contribution in [3.8, 4) is 11.5 Å².